The van der Waals surface area contributed by atoms with Crippen molar-refractivity contribution < 1.29 is 19.2 Å². The lowest BCUT2D eigenvalue weighted by Gasteiger charge is -2.15. The van der Waals surface area contributed by atoms with Gasteiger partial charge in [0, 0.05) is 17.7 Å². The summed E-state index contributed by atoms with van der Waals surface area (Å²) >= 11 is 1.54. The molecule has 8 heteroatoms. The highest BCUT2D eigenvalue weighted by Crippen LogP contribution is 2.13. The summed E-state index contributed by atoms with van der Waals surface area (Å²) in [6, 6.07) is 4.56. The molecule has 0 aromatic heterocycles. The molecule has 0 bridgehead atoms. The minimum atomic E-state index is -0.769. The lowest BCUT2D eigenvalue weighted by atomic mass is 10.1. The Morgan fingerprint density at radius 1 is 1.48 bits per heavy atom. The zero-order valence-electron chi connectivity index (χ0n) is 11.7. The molecule has 1 N–H and O–H groups in total. The number of hydrogen-bond acceptors (Lipinski definition) is 6. The van der Waals surface area contributed by atoms with Crippen LogP contribution in [0.3, 0.4) is 0 Å². The number of nitrogens with one attached hydrogen (secondary N) is 1. The van der Waals surface area contributed by atoms with Gasteiger partial charge in [-0.15, -0.1) is 0 Å². The Balaban J connectivity index is 2.83. The van der Waals surface area contributed by atoms with E-state index >= 15 is 0 Å². The third kappa shape index (κ3) is 5.07. The molecule has 21 heavy (non-hydrogen) atoms. The van der Waals surface area contributed by atoms with Crippen LogP contribution in [0.15, 0.2) is 24.3 Å². The number of nitro benzene ring substituents is 1. The fourth-order valence-corrected chi connectivity index (χ4v) is 2.10. The van der Waals surface area contributed by atoms with E-state index in [1.165, 1.54) is 37.1 Å². The maximum Gasteiger partial charge on any atom is 0.328 e. The van der Waals surface area contributed by atoms with Gasteiger partial charge in [-0.05, 0) is 24.5 Å². The minimum Gasteiger partial charge on any atom is -0.467 e. The van der Waals surface area contributed by atoms with Crippen molar-refractivity contribution in [1.82, 2.24) is 5.32 Å². The van der Waals surface area contributed by atoms with Gasteiger partial charge in [0.1, 0.15) is 6.04 Å². The lowest BCUT2D eigenvalue weighted by molar-refractivity contribution is -0.384. The number of rotatable bonds is 7. The van der Waals surface area contributed by atoms with Gasteiger partial charge in [-0.2, -0.15) is 11.8 Å². The molecule has 1 rings (SSSR count). The molecular formula is C13H16N2O5S. The molecular weight excluding hydrogens is 296 g/mol. The number of carbonyl (C=O) groups excluding carboxylic acids is 2. The molecule has 0 heterocycles. The van der Waals surface area contributed by atoms with Gasteiger partial charge in [-0.3, -0.25) is 14.9 Å². The number of benzene rings is 1. The van der Waals surface area contributed by atoms with E-state index in [4.69, 9.17) is 0 Å². The number of nitro groups is 1. The van der Waals surface area contributed by atoms with Crippen molar-refractivity contribution in [2.45, 2.75) is 12.5 Å². The summed E-state index contributed by atoms with van der Waals surface area (Å²) in [6.07, 6.45) is 2.31. The monoisotopic (exact) mass is 312 g/mol. The summed E-state index contributed by atoms with van der Waals surface area (Å²) in [5.74, 6) is -0.410. The van der Waals surface area contributed by atoms with Crippen LogP contribution in [0.4, 0.5) is 5.69 Å². The van der Waals surface area contributed by atoms with Crippen LogP contribution in [0.2, 0.25) is 0 Å². The topological polar surface area (TPSA) is 98.5 Å². The number of non-ortho nitro benzene ring substituents is 1. The second-order valence-corrected chi connectivity index (χ2v) is 5.12. The molecule has 1 amide bonds. The summed E-state index contributed by atoms with van der Waals surface area (Å²) in [4.78, 5) is 33.8. The number of thioether (sulfide) groups is 1. The molecule has 1 aromatic carbocycles. The zero-order valence-corrected chi connectivity index (χ0v) is 12.5. The summed E-state index contributed by atoms with van der Waals surface area (Å²) in [6.45, 7) is 0. The highest BCUT2D eigenvalue weighted by atomic mass is 32.2. The van der Waals surface area contributed by atoms with Gasteiger partial charge in [0.25, 0.3) is 11.6 Å². The average molecular weight is 312 g/mol. The number of amides is 1. The number of methoxy groups -OCH3 is 1. The summed E-state index contributed by atoms with van der Waals surface area (Å²) in [7, 11) is 1.24. The predicted octanol–water partition coefficient (Wildman–Crippen LogP) is 1.62. The Hall–Kier alpha value is -2.09. The number of carbonyl (C=O) groups is 2. The zero-order chi connectivity index (χ0) is 15.8. The number of nitrogens with zero attached hydrogens (tertiary/aromatic N) is 1. The molecule has 0 saturated carbocycles. The van der Waals surface area contributed by atoms with E-state index in [1.54, 1.807) is 0 Å². The normalized spacial score (nSPS) is 11.5. The van der Waals surface area contributed by atoms with Crippen molar-refractivity contribution in [3.8, 4) is 0 Å². The Bertz CT molecular complexity index is 535. The fourth-order valence-electron chi connectivity index (χ4n) is 1.63. The van der Waals surface area contributed by atoms with E-state index < -0.39 is 22.8 Å². The standard InChI is InChI=1S/C13H16N2O5S/c1-20-13(17)11(6-7-21-2)14-12(16)9-4-3-5-10(8-9)15(18)19/h3-5,8,11H,6-7H2,1-2H3,(H,14,16)/t11-/m1/s1. The maximum atomic E-state index is 12.1. The minimum absolute atomic E-state index is 0.127. The summed E-state index contributed by atoms with van der Waals surface area (Å²) in [5, 5.41) is 13.2. The molecule has 114 valence electrons. The van der Waals surface area contributed by atoms with E-state index in [0.717, 1.165) is 6.07 Å². The first-order valence-electron chi connectivity index (χ1n) is 6.11. The molecule has 1 atom stereocenters. The first kappa shape index (κ1) is 17.0. The Morgan fingerprint density at radius 3 is 2.76 bits per heavy atom. The number of hydrogen-bond donors (Lipinski definition) is 1. The van der Waals surface area contributed by atoms with Gasteiger partial charge >= 0.3 is 5.97 Å². The SMILES string of the molecule is COC(=O)[C@@H](CCSC)NC(=O)c1cccc([N+](=O)[O-])c1. The molecule has 0 radical (unpaired) electrons. The third-order valence-electron chi connectivity index (χ3n) is 2.72. The highest BCUT2D eigenvalue weighted by Gasteiger charge is 2.22. The predicted molar refractivity (Wildman–Crippen MR) is 79.4 cm³/mol. The summed E-state index contributed by atoms with van der Waals surface area (Å²) in [5.41, 5.74) is -0.0522. The van der Waals surface area contributed by atoms with Gasteiger partial charge < -0.3 is 10.1 Å². The molecule has 0 fully saturated rings. The van der Waals surface area contributed by atoms with Gasteiger partial charge in [-0.1, -0.05) is 6.07 Å². The van der Waals surface area contributed by atoms with Crippen LogP contribution in [-0.2, 0) is 9.53 Å². The van der Waals surface area contributed by atoms with E-state index in [-0.39, 0.29) is 11.3 Å². The van der Waals surface area contributed by atoms with Gasteiger partial charge in [0.05, 0.1) is 12.0 Å². The second-order valence-electron chi connectivity index (χ2n) is 4.14. The van der Waals surface area contributed by atoms with Crippen molar-refractivity contribution in [3.05, 3.63) is 39.9 Å². The van der Waals surface area contributed by atoms with E-state index in [1.807, 2.05) is 6.26 Å². The highest BCUT2D eigenvalue weighted by molar-refractivity contribution is 7.98. The van der Waals surface area contributed by atoms with Crippen LogP contribution in [0.1, 0.15) is 16.8 Å². The number of ether oxygens (including phenoxy) is 1. The van der Waals surface area contributed by atoms with Crippen molar-refractivity contribution >= 4 is 29.3 Å². The van der Waals surface area contributed by atoms with Crippen molar-refractivity contribution in [2.24, 2.45) is 0 Å². The van der Waals surface area contributed by atoms with E-state index in [2.05, 4.69) is 10.1 Å². The summed E-state index contributed by atoms with van der Waals surface area (Å²) < 4.78 is 4.64. The van der Waals surface area contributed by atoms with Gasteiger partial charge in [0.15, 0.2) is 0 Å². The van der Waals surface area contributed by atoms with E-state index in [0.29, 0.717) is 12.2 Å². The van der Waals surface area contributed by atoms with E-state index in [9.17, 15) is 19.7 Å². The lowest BCUT2D eigenvalue weighted by Crippen LogP contribution is -2.41. The van der Waals surface area contributed by atoms with Crippen molar-refractivity contribution in [2.75, 3.05) is 19.1 Å². The fraction of sp³-hybridized carbons (Fsp3) is 0.385. The molecule has 7 nitrogen and oxygen atoms in total. The Labute approximate surface area is 126 Å². The van der Waals surface area contributed by atoms with Crippen LogP contribution in [0.25, 0.3) is 0 Å². The van der Waals surface area contributed by atoms with Crippen LogP contribution in [0, 0.1) is 10.1 Å². The molecule has 0 spiro atoms. The Kier molecular flexibility index (Phi) is 6.67. The molecule has 0 aliphatic carbocycles. The third-order valence-corrected chi connectivity index (χ3v) is 3.36. The van der Waals surface area contributed by atoms with Crippen molar-refractivity contribution in [3.63, 3.8) is 0 Å². The molecule has 0 aliphatic rings. The maximum absolute atomic E-state index is 12.1. The van der Waals surface area contributed by atoms with Crippen LogP contribution in [-0.4, -0.2) is 42.0 Å². The second kappa shape index (κ2) is 8.25. The molecule has 0 unspecified atom stereocenters. The van der Waals surface area contributed by atoms with Crippen LogP contribution >= 0.6 is 11.8 Å². The average Bonchev–Trinajstić information content (AvgIpc) is 2.50. The van der Waals surface area contributed by atoms with Gasteiger partial charge in [-0.25, -0.2) is 4.79 Å². The molecule has 0 saturated heterocycles. The first-order chi connectivity index (χ1) is 9.99. The smallest absolute Gasteiger partial charge is 0.328 e. The van der Waals surface area contributed by atoms with Gasteiger partial charge in [0.2, 0.25) is 0 Å². The van der Waals surface area contributed by atoms with Crippen LogP contribution in [0.5, 0.6) is 0 Å². The first-order valence-corrected chi connectivity index (χ1v) is 7.51. The quantitative estimate of drug-likeness (QED) is 0.466. The van der Waals surface area contributed by atoms with Crippen LogP contribution < -0.4 is 5.32 Å². The molecule has 1 aromatic rings. The number of esters is 1. The largest absolute Gasteiger partial charge is 0.467 e. The van der Waals surface area contributed by atoms with Crippen molar-refractivity contribution in [1.29, 1.82) is 0 Å². The molecule has 0 aliphatic heterocycles. The Morgan fingerprint density at radius 2 is 2.19 bits per heavy atom.